The molecule has 0 saturated carbocycles. The van der Waals surface area contributed by atoms with Crippen LogP contribution in [-0.2, 0) is 24.8 Å². The number of fused-ring (bicyclic) bond motifs is 1. The van der Waals surface area contributed by atoms with E-state index in [0.717, 1.165) is 11.4 Å². The number of nitrogens with two attached hydrogens (primary N) is 1. The number of nitrogens with zero attached hydrogens (tertiary/aromatic N) is 5. The van der Waals surface area contributed by atoms with Gasteiger partial charge in [0.05, 0.1) is 18.7 Å². The second-order valence-electron chi connectivity index (χ2n) is 4.73. The van der Waals surface area contributed by atoms with E-state index in [1.165, 1.54) is 0 Å². The fraction of sp³-hybridized carbons (Fsp3) is 0.333. The number of nitrogen functional groups attached to an aromatic ring is 1. The number of aromatic nitrogens is 4. The summed E-state index contributed by atoms with van der Waals surface area (Å²) >= 11 is 6.01. The van der Waals surface area contributed by atoms with Gasteiger partial charge in [-0.3, -0.25) is 14.4 Å². The fourth-order valence-electron chi connectivity index (χ4n) is 2.24. The molecule has 8 heteroatoms. The molecular formula is C12H13ClN6O. The summed E-state index contributed by atoms with van der Waals surface area (Å²) in [6.07, 6.45) is 0.195. The summed E-state index contributed by atoms with van der Waals surface area (Å²) < 4.78 is 1.76. The third-order valence-corrected chi connectivity index (χ3v) is 3.63. The summed E-state index contributed by atoms with van der Waals surface area (Å²) in [5.74, 6) is 0.464. The van der Waals surface area contributed by atoms with Gasteiger partial charge in [0, 0.05) is 18.3 Å². The highest BCUT2D eigenvalue weighted by molar-refractivity contribution is 6.31. The largest absolute Gasteiger partial charge is 0.368 e. The van der Waals surface area contributed by atoms with E-state index in [9.17, 15) is 4.79 Å². The predicted octanol–water partition coefficient (Wildman–Crippen LogP) is 0.843. The van der Waals surface area contributed by atoms with Crippen molar-refractivity contribution in [3.63, 3.8) is 0 Å². The van der Waals surface area contributed by atoms with Gasteiger partial charge in [0.1, 0.15) is 11.0 Å². The van der Waals surface area contributed by atoms with Crippen LogP contribution in [0.25, 0.3) is 0 Å². The number of hydrogen-bond acceptors (Lipinski definition) is 5. The van der Waals surface area contributed by atoms with Crippen molar-refractivity contribution in [1.82, 2.24) is 19.7 Å². The Balaban J connectivity index is 1.98. The van der Waals surface area contributed by atoms with Gasteiger partial charge >= 0.3 is 0 Å². The Morgan fingerprint density at radius 3 is 2.85 bits per heavy atom. The molecule has 2 aromatic heterocycles. The number of aryl methyl sites for hydroxylation is 2. The van der Waals surface area contributed by atoms with Crippen molar-refractivity contribution in [2.75, 3.05) is 10.6 Å². The lowest BCUT2D eigenvalue weighted by atomic mass is 10.3. The molecule has 0 fully saturated rings. The lowest BCUT2D eigenvalue weighted by molar-refractivity contribution is -0.117. The summed E-state index contributed by atoms with van der Waals surface area (Å²) in [6, 6.07) is 1.93. The topological polar surface area (TPSA) is 89.9 Å². The molecule has 0 bridgehead atoms. The SMILES string of the molecule is Cc1cc(CN2C(=O)Cc3c(Cl)nc(N)nc32)nn1C. The van der Waals surface area contributed by atoms with Gasteiger partial charge < -0.3 is 5.73 Å². The molecule has 1 aliphatic rings. The van der Waals surface area contributed by atoms with Crippen LogP contribution in [0, 0.1) is 6.92 Å². The van der Waals surface area contributed by atoms with Gasteiger partial charge in [0.25, 0.3) is 0 Å². The van der Waals surface area contributed by atoms with Gasteiger partial charge in [-0.2, -0.15) is 10.1 Å². The molecule has 1 amide bonds. The molecule has 1 aliphatic heterocycles. The molecule has 2 N–H and O–H groups in total. The normalized spacial score (nSPS) is 13.9. The van der Waals surface area contributed by atoms with Crippen molar-refractivity contribution in [2.24, 2.45) is 7.05 Å². The molecular weight excluding hydrogens is 280 g/mol. The quantitative estimate of drug-likeness (QED) is 0.829. The highest BCUT2D eigenvalue weighted by Crippen LogP contribution is 2.32. The van der Waals surface area contributed by atoms with Crippen LogP contribution in [0.5, 0.6) is 0 Å². The number of anilines is 2. The number of carbonyl (C=O) groups excluding carboxylic acids is 1. The van der Waals surface area contributed by atoms with Gasteiger partial charge in [-0.25, -0.2) is 4.98 Å². The minimum Gasteiger partial charge on any atom is -0.368 e. The van der Waals surface area contributed by atoms with Crippen molar-refractivity contribution < 1.29 is 4.79 Å². The first kappa shape index (κ1) is 12.9. The van der Waals surface area contributed by atoms with Crippen molar-refractivity contribution in [1.29, 1.82) is 0 Å². The minimum atomic E-state index is -0.0786. The van der Waals surface area contributed by atoms with Crippen LogP contribution >= 0.6 is 11.6 Å². The van der Waals surface area contributed by atoms with E-state index >= 15 is 0 Å². The predicted molar refractivity (Wildman–Crippen MR) is 74.3 cm³/mol. The lowest BCUT2D eigenvalue weighted by Crippen LogP contribution is -2.27. The Kier molecular flexibility index (Phi) is 2.86. The fourth-order valence-corrected chi connectivity index (χ4v) is 2.48. The monoisotopic (exact) mass is 292 g/mol. The molecule has 0 saturated heterocycles. The Bertz CT molecular complexity index is 691. The van der Waals surface area contributed by atoms with E-state index in [4.69, 9.17) is 17.3 Å². The van der Waals surface area contributed by atoms with E-state index in [-0.39, 0.29) is 23.4 Å². The van der Waals surface area contributed by atoms with Crippen LogP contribution in [-0.4, -0.2) is 25.7 Å². The Labute approximate surface area is 120 Å². The van der Waals surface area contributed by atoms with Crippen LogP contribution in [0.4, 0.5) is 11.8 Å². The van der Waals surface area contributed by atoms with Crippen LogP contribution in [0.15, 0.2) is 6.07 Å². The van der Waals surface area contributed by atoms with Gasteiger partial charge in [0.15, 0.2) is 0 Å². The van der Waals surface area contributed by atoms with Crippen LogP contribution in [0.1, 0.15) is 17.0 Å². The van der Waals surface area contributed by atoms with E-state index in [0.29, 0.717) is 17.9 Å². The average molecular weight is 293 g/mol. The Morgan fingerprint density at radius 1 is 1.45 bits per heavy atom. The molecule has 20 heavy (non-hydrogen) atoms. The van der Waals surface area contributed by atoms with Crippen LogP contribution in [0.3, 0.4) is 0 Å². The van der Waals surface area contributed by atoms with Gasteiger partial charge in [-0.1, -0.05) is 11.6 Å². The Hall–Kier alpha value is -2.15. The zero-order valence-electron chi connectivity index (χ0n) is 11.1. The highest BCUT2D eigenvalue weighted by atomic mass is 35.5. The lowest BCUT2D eigenvalue weighted by Gasteiger charge is -2.15. The molecule has 7 nitrogen and oxygen atoms in total. The smallest absolute Gasteiger partial charge is 0.233 e. The molecule has 0 aliphatic carbocycles. The first-order valence-corrected chi connectivity index (χ1v) is 6.45. The Morgan fingerprint density at radius 2 is 2.20 bits per heavy atom. The molecule has 104 valence electrons. The molecule has 3 rings (SSSR count). The van der Waals surface area contributed by atoms with E-state index in [1.807, 2.05) is 20.0 Å². The molecule has 0 unspecified atom stereocenters. The summed E-state index contributed by atoms with van der Waals surface area (Å²) in [5, 5.41) is 4.58. The van der Waals surface area contributed by atoms with Crippen molar-refractivity contribution in [2.45, 2.75) is 19.9 Å². The standard InChI is InChI=1S/C12H13ClN6O/c1-6-3-7(17-18(6)2)5-19-9(20)4-8-10(13)15-12(14)16-11(8)19/h3H,4-5H2,1-2H3,(H2,14,15,16). The molecule has 3 heterocycles. The summed E-state index contributed by atoms with van der Waals surface area (Å²) in [7, 11) is 1.86. The highest BCUT2D eigenvalue weighted by Gasteiger charge is 2.32. The van der Waals surface area contributed by atoms with Crippen LogP contribution in [0.2, 0.25) is 5.15 Å². The second kappa shape index (κ2) is 4.45. The number of carbonyl (C=O) groups is 1. The second-order valence-corrected chi connectivity index (χ2v) is 5.09. The summed E-state index contributed by atoms with van der Waals surface area (Å²) in [5.41, 5.74) is 8.03. The average Bonchev–Trinajstić information content (AvgIpc) is 2.83. The van der Waals surface area contributed by atoms with E-state index in [2.05, 4.69) is 15.1 Å². The maximum atomic E-state index is 12.1. The maximum absolute atomic E-state index is 12.1. The maximum Gasteiger partial charge on any atom is 0.233 e. The molecule has 2 aromatic rings. The first-order valence-electron chi connectivity index (χ1n) is 6.07. The van der Waals surface area contributed by atoms with Gasteiger partial charge in [-0.05, 0) is 13.0 Å². The molecule has 0 atom stereocenters. The number of amides is 1. The van der Waals surface area contributed by atoms with E-state index < -0.39 is 0 Å². The number of halogens is 1. The minimum absolute atomic E-state index is 0.0608. The summed E-state index contributed by atoms with van der Waals surface area (Å²) in [4.78, 5) is 21.7. The molecule has 0 radical (unpaired) electrons. The zero-order valence-corrected chi connectivity index (χ0v) is 11.8. The molecule has 0 aromatic carbocycles. The number of hydrogen-bond donors (Lipinski definition) is 1. The van der Waals surface area contributed by atoms with Gasteiger partial charge in [0.2, 0.25) is 11.9 Å². The first-order chi connectivity index (χ1) is 9.45. The molecule has 0 spiro atoms. The zero-order chi connectivity index (χ0) is 14.4. The van der Waals surface area contributed by atoms with Crippen molar-refractivity contribution in [3.8, 4) is 0 Å². The third-order valence-electron chi connectivity index (χ3n) is 3.32. The van der Waals surface area contributed by atoms with Crippen molar-refractivity contribution in [3.05, 3.63) is 28.2 Å². The van der Waals surface area contributed by atoms with Crippen molar-refractivity contribution >= 4 is 29.3 Å². The van der Waals surface area contributed by atoms with E-state index in [1.54, 1.807) is 9.58 Å². The third kappa shape index (κ3) is 2.00. The summed E-state index contributed by atoms with van der Waals surface area (Å²) in [6.45, 7) is 2.30. The number of rotatable bonds is 2. The van der Waals surface area contributed by atoms with Gasteiger partial charge in [-0.15, -0.1) is 0 Å². The van der Waals surface area contributed by atoms with Crippen LogP contribution < -0.4 is 10.6 Å².